The van der Waals surface area contributed by atoms with Gasteiger partial charge in [0.25, 0.3) is 5.56 Å². The maximum Gasteiger partial charge on any atom is 0.255 e. The molecule has 126 valence electrons. The molecule has 0 saturated carbocycles. The summed E-state index contributed by atoms with van der Waals surface area (Å²) in [4.78, 5) is 19.8. The molecule has 0 fully saturated rings. The summed E-state index contributed by atoms with van der Waals surface area (Å²) < 4.78 is 5.90. The molecule has 0 bridgehead atoms. The summed E-state index contributed by atoms with van der Waals surface area (Å²) in [5.41, 5.74) is 4.24. The van der Waals surface area contributed by atoms with Crippen molar-refractivity contribution in [1.29, 1.82) is 0 Å². The number of H-pyrrole nitrogens is 1. The Hall–Kier alpha value is -2.18. The highest BCUT2D eigenvalue weighted by atomic mass is 16.5. The lowest BCUT2D eigenvalue weighted by atomic mass is 9.98. The van der Waals surface area contributed by atoms with Crippen LogP contribution in [-0.4, -0.2) is 36.2 Å². The van der Waals surface area contributed by atoms with E-state index < -0.39 is 0 Å². The van der Waals surface area contributed by atoms with E-state index in [0.29, 0.717) is 12.5 Å². The zero-order chi connectivity index (χ0) is 16.4. The summed E-state index contributed by atoms with van der Waals surface area (Å²) in [5, 5.41) is 6.56. The molecule has 0 saturated heterocycles. The maximum absolute atomic E-state index is 12.3. The number of benzene rings is 1. The molecule has 1 aromatic heterocycles. The average molecular weight is 326 g/mol. The van der Waals surface area contributed by atoms with Crippen LogP contribution in [0.1, 0.15) is 28.5 Å². The van der Waals surface area contributed by atoms with Gasteiger partial charge in [0.05, 0.1) is 12.3 Å². The number of hydrogen-bond acceptors (Lipinski definition) is 5. The predicted molar refractivity (Wildman–Crippen MR) is 92.5 cm³/mol. The van der Waals surface area contributed by atoms with Gasteiger partial charge in [-0.3, -0.25) is 9.78 Å². The number of anilines is 1. The van der Waals surface area contributed by atoms with E-state index in [1.165, 1.54) is 11.1 Å². The topological polar surface area (TPSA) is 79.0 Å². The van der Waals surface area contributed by atoms with Crippen LogP contribution in [0.3, 0.4) is 0 Å². The molecule has 0 aliphatic carbocycles. The summed E-state index contributed by atoms with van der Waals surface area (Å²) in [6, 6.07) is 8.37. The number of ether oxygens (including phenoxy) is 1. The molecule has 4 rings (SSSR count). The fourth-order valence-corrected chi connectivity index (χ4v) is 3.47. The van der Waals surface area contributed by atoms with Crippen molar-refractivity contribution < 1.29 is 4.74 Å². The van der Waals surface area contributed by atoms with Gasteiger partial charge in [-0.15, -0.1) is 0 Å². The number of nitrogens with one attached hydrogen (secondary N) is 3. The van der Waals surface area contributed by atoms with E-state index in [1.54, 1.807) is 0 Å². The zero-order valence-corrected chi connectivity index (χ0v) is 13.6. The second-order valence-electron chi connectivity index (χ2n) is 6.28. The first-order valence-electron chi connectivity index (χ1n) is 8.57. The smallest absolute Gasteiger partial charge is 0.255 e. The molecule has 0 unspecified atom stereocenters. The van der Waals surface area contributed by atoms with Crippen LogP contribution in [-0.2, 0) is 24.0 Å². The van der Waals surface area contributed by atoms with E-state index in [1.807, 2.05) is 6.07 Å². The Morgan fingerprint density at radius 2 is 2.08 bits per heavy atom. The third-order valence-electron chi connectivity index (χ3n) is 4.74. The minimum atomic E-state index is -0.0313. The Morgan fingerprint density at radius 3 is 3.04 bits per heavy atom. The van der Waals surface area contributed by atoms with Crippen molar-refractivity contribution in [3.63, 3.8) is 0 Å². The Kier molecular flexibility index (Phi) is 4.32. The maximum atomic E-state index is 12.3. The second-order valence-corrected chi connectivity index (χ2v) is 6.28. The van der Waals surface area contributed by atoms with Gasteiger partial charge in [0.1, 0.15) is 6.10 Å². The number of aromatic nitrogens is 2. The molecule has 1 atom stereocenters. The molecule has 2 aliphatic rings. The van der Waals surface area contributed by atoms with Crippen molar-refractivity contribution in [1.82, 2.24) is 15.3 Å². The van der Waals surface area contributed by atoms with E-state index >= 15 is 0 Å². The molecule has 0 spiro atoms. The van der Waals surface area contributed by atoms with Crippen LogP contribution in [0.4, 0.5) is 5.95 Å². The van der Waals surface area contributed by atoms with Crippen LogP contribution in [0.2, 0.25) is 0 Å². The molecule has 1 aromatic carbocycles. The lowest BCUT2D eigenvalue weighted by molar-refractivity contribution is 0.0512. The summed E-state index contributed by atoms with van der Waals surface area (Å²) >= 11 is 0. The van der Waals surface area contributed by atoms with Gasteiger partial charge < -0.3 is 15.4 Å². The van der Waals surface area contributed by atoms with E-state index in [2.05, 4.69) is 38.8 Å². The average Bonchev–Trinajstić information content (AvgIpc) is 2.86. The van der Waals surface area contributed by atoms with Crippen LogP contribution >= 0.6 is 0 Å². The second kappa shape index (κ2) is 6.75. The van der Waals surface area contributed by atoms with E-state index in [0.717, 1.165) is 50.2 Å². The quantitative estimate of drug-likeness (QED) is 0.789. The molecule has 3 N–H and O–H groups in total. The molecule has 3 heterocycles. The van der Waals surface area contributed by atoms with Crippen molar-refractivity contribution >= 4 is 5.95 Å². The van der Waals surface area contributed by atoms with Crippen LogP contribution in [0.15, 0.2) is 29.1 Å². The molecule has 6 heteroatoms. The van der Waals surface area contributed by atoms with Crippen molar-refractivity contribution in [2.45, 2.75) is 25.4 Å². The highest BCUT2D eigenvalue weighted by Crippen LogP contribution is 2.26. The largest absolute Gasteiger partial charge is 0.371 e. The van der Waals surface area contributed by atoms with Gasteiger partial charge in [-0.1, -0.05) is 24.3 Å². The first kappa shape index (κ1) is 15.4. The highest BCUT2D eigenvalue weighted by molar-refractivity contribution is 5.35. The summed E-state index contributed by atoms with van der Waals surface area (Å²) in [7, 11) is 0. The van der Waals surface area contributed by atoms with E-state index in [-0.39, 0.29) is 11.7 Å². The Balaban J connectivity index is 1.52. The monoisotopic (exact) mass is 326 g/mol. The Labute approximate surface area is 140 Å². The number of fused-ring (bicyclic) bond motifs is 2. The molecular weight excluding hydrogens is 304 g/mol. The Bertz CT molecular complexity index is 787. The summed E-state index contributed by atoms with van der Waals surface area (Å²) in [5.74, 6) is 0.535. The number of hydrogen-bond donors (Lipinski definition) is 3. The van der Waals surface area contributed by atoms with E-state index in [4.69, 9.17) is 4.74 Å². The molecule has 2 aromatic rings. The number of rotatable bonds is 3. The van der Waals surface area contributed by atoms with Crippen LogP contribution in [0.25, 0.3) is 0 Å². The van der Waals surface area contributed by atoms with Gasteiger partial charge >= 0.3 is 0 Å². The van der Waals surface area contributed by atoms with Gasteiger partial charge in [0.15, 0.2) is 0 Å². The van der Waals surface area contributed by atoms with Gasteiger partial charge in [-0.2, -0.15) is 0 Å². The molecule has 0 radical (unpaired) electrons. The lowest BCUT2D eigenvalue weighted by Crippen LogP contribution is -2.25. The number of nitrogens with zero attached hydrogens (tertiary/aromatic N) is 1. The molecule has 0 amide bonds. The zero-order valence-electron chi connectivity index (χ0n) is 13.6. The van der Waals surface area contributed by atoms with Crippen LogP contribution in [0, 0.1) is 0 Å². The standard InChI is InChI=1S/C18H22N4O2/c23-17-14-5-8-19-9-6-15(14)21-18(22-17)20-11-16-13-4-2-1-3-12(13)7-10-24-16/h1-4,16,19H,5-11H2,(H2,20,21,22,23)/t16-/m0/s1. The third-order valence-corrected chi connectivity index (χ3v) is 4.74. The summed E-state index contributed by atoms with van der Waals surface area (Å²) in [6.45, 7) is 3.01. The van der Waals surface area contributed by atoms with Gasteiger partial charge in [-0.05, 0) is 30.5 Å². The highest BCUT2D eigenvalue weighted by Gasteiger charge is 2.21. The van der Waals surface area contributed by atoms with Crippen LogP contribution < -0.4 is 16.2 Å². The van der Waals surface area contributed by atoms with Crippen molar-refractivity contribution in [2.75, 3.05) is 31.6 Å². The molecule has 2 aliphatic heterocycles. The Morgan fingerprint density at radius 1 is 1.21 bits per heavy atom. The van der Waals surface area contributed by atoms with Gasteiger partial charge in [-0.25, -0.2) is 4.98 Å². The normalized spacial score (nSPS) is 19.9. The van der Waals surface area contributed by atoms with Gasteiger partial charge in [0, 0.05) is 25.1 Å². The van der Waals surface area contributed by atoms with Crippen molar-refractivity contribution in [3.8, 4) is 0 Å². The first-order chi connectivity index (χ1) is 11.8. The van der Waals surface area contributed by atoms with Gasteiger partial charge in [0.2, 0.25) is 5.95 Å². The van der Waals surface area contributed by atoms with Crippen LogP contribution in [0.5, 0.6) is 0 Å². The first-order valence-corrected chi connectivity index (χ1v) is 8.57. The van der Waals surface area contributed by atoms with Crippen molar-refractivity contribution in [2.24, 2.45) is 0 Å². The number of aromatic amines is 1. The predicted octanol–water partition coefficient (Wildman–Crippen LogP) is 1.18. The fourth-order valence-electron chi connectivity index (χ4n) is 3.47. The third kappa shape index (κ3) is 3.07. The molecule has 6 nitrogen and oxygen atoms in total. The SMILES string of the molecule is O=c1[nH]c(NC[C@@H]2OCCc3ccccc32)nc2c1CCNCC2. The van der Waals surface area contributed by atoms with Crippen molar-refractivity contribution in [3.05, 3.63) is 57.0 Å². The molecule has 24 heavy (non-hydrogen) atoms. The minimum absolute atomic E-state index is 0.0132. The van der Waals surface area contributed by atoms with E-state index in [9.17, 15) is 4.79 Å². The molecular formula is C18H22N4O2. The summed E-state index contributed by atoms with van der Waals surface area (Å²) in [6.07, 6.45) is 2.46. The lowest BCUT2D eigenvalue weighted by Gasteiger charge is -2.26. The fraction of sp³-hybridized carbons (Fsp3) is 0.444. The minimum Gasteiger partial charge on any atom is -0.371 e.